The molecule has 3 rings (SSSR count). The number of nitrogens with zero attached hydrogens (tertiary/aromatic N) is 5. The molecular weight excluding hydrogens is 346 g/mol. The van der Waals surface area contributed by atoms with Crippen LogP contribution in [0, 0.1) is 0 Å². The zero-order valence-corrected chi connectivity index (χ0v) is 15.3. The van der Waals surface area contributed by atoms with Gasteiger partial charge in [0.1, 0.15) is 0 Å². The summed E-state index contributed by atoms with van der Waals surface area (Å²) in [5.74, 6) is 1.01. The Morgan fingerprint density at radius 1 is 1.19 bits per heavy atom. The Hall–Kier alpha value is -2.93. The van der Waals surface area contributed by atoms with Crippen molar-refractivity contribution >= 4 is 23.4 Å². The van der Waals surface area contributed by atoms with Crippen LogP contribution < -0.4 is 4.90 Å². The van der Waals surface area contributed by atoms with Crippen LogP contribution in [-0.4, -0.2) is 38.0 Å². The third kappa shape index (κ3) is 4.00. The summed E-state index contributed by atoms with van der Waals surface area (Å²) in [6, 6.07) is 13.3. The number of thioether (sulfide) groups is 1. The lowest BCUT2D eigenvalue weighted by Gasteiger charge is -2.21. The molecule has 0 saturated carbocycles. The molecule has 0 spiro atoms. The zero-order chi connectivity index (χ0) is 18.4. The number of pyridine rings is 1. The number of para-hydroxylation sites is 1. The lowest BCUT2D eigenvalue weighted by Crippen LogP contribution is -2.32. The van der Waals surface area contributed by atoms with Gasteiger partial charge in [-0.05, 0) is 24.3 Å². The number of aromatic nitrogens is 4. The number of hydrogen-bond donors (Lipinski definition) is 0. The van der Waals surface area contributed by atoms with Crippen molar-refractivity contribution in [2.24, 2.45) is 7.05 Å². The van der Waals surface area contributed by atoms with Crippen LogP contribution in [0.5, 0.6) is 0 Å². The van der Waals surface area contributed by atoms with Gasteiger partial charge in [-0.1, -0.05) is 36.0 Å². The predicted molar refractivity (Wildman–Crippen MR) is 104 cm³/mol. The molecule has 0 bridgehead atoms. The average molecular weight is 365 g/mol. The van der Waals surface area contributed by atoms with Crippen LogP contribution in [0.15, 0.2) is 72.7 Å². The van der Waals surface area contributed by atoms with Crippen molar-refractivity contribution in [1.29, 1.82) is 0 Å². The monoisotopic (exact) mass is 365 g/mol. The van der Waals surface area contributed by atoms with E-state index in [2.05, 4.69) is 21.8 Å². The molecule has 7 heteroatoms. The number of carbonyl (C=O) groups excluding carboxylic acids is 1. The van der Waals surface area contributed by atoms with Crippen LogP contribution in [-0.2, 0) is 11.8 Å². The fraction of sp³-hybridized carbons (Fsp3) is 0.158. The molecule has 0 atom stereocenters. The minimum atomic E-state index is -0.00504. The predicted octanol–water partition coefficient (Wildman–Crippen LogP) is 3.19. The van der Waals surface area contributed by atoms with Crippen LogP contribution in [0.3, 0.4) is 0 Å². The molecular formula is C19H19N5OS. The van der Waals surface area contributed by atoms with Gasteiger partial charge in [0, 0.05) is 37.2 Å². The highest BCUT2D eigenvalue weighted by Gasteiger charge is 2.17. The fourth-order valence-electron chi connectivity index (χ4n) is 2.49. The van der Waals surface area contributed by atoms with E-state index in [-0.39, 0.29) is 11.7 Å². The van der Waals surface area contributed by atoms with Crippen molar-refractivity contribution in [1.82, 2.24) is 19.7 Å². The fourth-order valence-corrected chi connectivity index (χ4v) is 3.27. The number of anilines is 1. The molecule has 0 aliphatic rings. The van der Waals surface area contributed by atoms with Gasteiger partial charge in [-0.2, -0.15) is 0 Å². The Kier molecular flexibility index (Phi) is 5.80. The Labute approximate surface area is 156 Å². The van der Waals surface area contributed by atoms with Gasteiger partial charge in [0.2, 0.25) is 5.91 Å². The SMILES string of the molecule is C=CCN(C(=O)CSc1nnc(-c2ccncc2)n1C)c1ccccc1. The molecule has 0 N–H and O–H groups in total. The van der Waals surface area contributed by atoms with Gasteiger partial charge in [0.25, 0.3) is 0 Å². The van der Waals surface area contributed by atoms with Crippen LogP contribution in [0.1, 0.15) is 0 Å². The Bertz CT molecular complexity index is 879. The summed E-state index contributed by atoms with van der Waals surface area (Å²) in [7, 11) is 1.89. The molecule has 0 radical (unpaired) electrons. The first-order valence-electron chi connectivity index (χ1n) is 8.09. The van der Waals surface area contributed by atoms with E-state index in [4.69, 9.17) is 0 Å². The molecule has 3 aromatic rings. The van der Waals surface area contributed by atoms with Crippen molar-refractivity contribution in [3.05, 3.63) is 67.5 Å². The van der Waals surface area contributed by atoms with Gasteiger partial charge in [0.05, 0.1) is 5.75 Å². The maximum Gasteiger partial charge on any atom is 0.237 e. The van der Waals surface area contributed by atoms with E-state index in [0.29, 0.717) is 11.7 Å². The van der Waals surface area contributed by atoms with E-state index in [0.717, 1.165) is 17.1 Å². The van der Waals surface area contributed by atoms with Gasteiger partial charge in [-0.15, -0.1) is 16.8 Å². The van der Waals surface area contributed by atoms with Crippen LogP contribution in [0.25, 0.3) is 11.4 Å². The van der Waals surface area contributed by atoms with E-state index >= 15 is 0 Å². The lowest BCUT2D eigenvalue weighted by molar-refractivity contribution is -0.116. The first kappa shape index (κ1) is 17.9. The minimum absolute atomic E-state index is 0.00504. The Balaban J connectivity index is 1.71. The van der Waals surface area contributed by atoms with Crippen molar-refractivity contribution in [3.63, 3.8) is 0 Å². The van der Waals surface area contributed by atoms with E-state index in [1.165, 1.54) is 11.8 Å². The highest BCUT2D eigenvalue weighted by molar-refractivity contribution is 7.99. The molecule has 2 aromatic heterocycles. The molecule has 0 aliphatic carbocycles. The summed E-state index contributed by atoms with van der Waals surface area (Å²) in [5.41, 5.74) is 1.79. The summed E-state index contributed by atoms with van der Waals surface area (Å²) < 4.78 is 1.88. The maximum absolute atomic E-state index is 12.7. The van der Waals surface area contributed by atoms with E-state index in [1.807, 2.05) is 54.1 Å². The molecule has 132 valence electrons. The van der Waals surface area contributed by atoms with Gasteiger partial charge in [-0.3, -0.25) is 9.78 Å². The number of hydrogen-bond acceptors (Lipinski definition) is 5. The largest absolute Gasteiger partial charge is 0.308 e. The molecule has 0 fully saturated rings. The van der Waals surface area contributed by atoms with E-state index in [9.17, 15) is 4.79 Å². The van der Waals surface area contributed by atoms with Gasteiger partial charge >= 0.3 is 0 Å². The van der Waals surface area contributed by atoms with Gasteiger partial charge < -0.3 is 9.47 Å². The quantitative estimate of drug-likeness (QED) is 0.475. The molecule has 2 heterocycles. The second kappa shape index (κ2) is 8.44. The Morgan fingerprint density at radius 3 is 2.62 bits per heavy atom. The summed E-state index contributed by atoms with van der Waals surface area (Å²) in [6.45, 7) is 4.21. The number of amides is 1. The lowest BCUT2D eigenvalue weighted by atomic mass is 10.2. The van der Waals surface area contributed by atoms with Gasteiger partial charge in [0.15, 0.2) is 11.0 Å². The van der Waals surface area contributed by atoms with Crippen LogP contribution in [0.4, 0.5) is 5.69 Å². The van der Waals surface area contributed by atoms with E-state index < -0.39 is 0 Å². The van der Waals surface area contributed by atoms with Crippen molar-refractivity contribution < 1.29 is 4.79 Å². The van der Waals surface area contributed by atoms with E-state index in [1.54, 1.807) is 23.4 Å². The molecule has 0 saturated heterocycles. The topological polar surface area (TPSA) is 63.9 Å². The molecule has 6 nitrogen and oxygen atoms in total. The summed E-state index contributed by atoms with van der Waals surface area (Å²) in [4.78, 5) is 18.4. The summed E-state index contributed by atoms with van der Waals surface area (Å²) in [6.07, 6.45) is 5.15. The Morgan fingerprint density at radius 2 is 1.92 bits per heavy atom. The second-order valence-electron chi connectivity index (χ2n) is 5.52. The average Bonchev–Trinajstić information content (AvgIpc) is 3.06. The highest BCUT2D eigenvalue weighted by Crippen LogP contribution is 2.23. The second-order valence-corrected chi connectivity index (χ2v) is 6.46. The summed E-state index contributed by atoms with van der Waals surface area (Å²) in [5, 5.41) is 9.12. The minimum Gasteiger partial charge on any atom is -0.308 e. The zero-order valence-electron chi connectivity index (χ0n) is 14.4. The maximum atomic E-state index is 12.7. The third-order valence-electron chi connectivity index (χ3n) is 3.78. The summed E-state index contributed by atoms with van der Waals surface area (Å²) >= 11 is 1.37. The van der Waals surface area contributed by atoms with Crippen molar-refractivity contribution in [2.45, 2.75) is 5.16 Å². The van der Waals surface area contributed by atoms with Crippen molar-refractivity contribution in [3.8, 4) is 11.4 Å². The van der Waals surface area contributed by atoms with Crippen LogP contribution >= 0.6 is 11.8 Å². The van der Waals surface area contributed by atoms with Crippen molar-refractivity contribution in [2.75, 3.05) is 17.2 Å². The molecule has 26 heavy (non-hydrogen) atoms. The smallest absolute Gasteiger partial charge is 0.237 e. The highest BCUT2D eigenvalue weighted by atomic mass is 32.2. The third-order valence-corrected chi connectivity index (χ3v) is 4.78. The first-order chi connectivity index (χ1) is 12.7. The molecule has 0 unspecified atom stereocenters. The standard InChI is InChI=1S/C19H19N5OS/c1-3-13-24(16-7-5-4-6-8-16)17(25)14-26-19-22-21-18(23(19)2)15-9-11-20-12-10-15/h3-12H,1,13-14H2,2H3. The molecule has 1 aromatic carbocycles. The number of carbonyl (C=O) groups is 1. The molecule has 0 aliphatic heterocycles. The number of benzene rings is 1. The normalized spacial score (nSPS) is 10.5. The molecule has 1 amide bonds. The number of rotatable bonds is 7. The van der Waals surface area contributed by atoms with Crippen LogP contribution in [0.2, 0.25) is 0 Å². The van der Waals surface area contributed by atoms with Gasteiger partial charge in [-0.25, -0.2) is 0 Å². The first-order valence-corrected chi connectivity index (χ1v) is 9.08.